The lowest BCUT2D eigenvalue weighted by atomic mass is 9.85. The summed E-state index contributed by atoms with van der Waals surface area (Å²) < 4.78 is 18.2. The third-order valence-corrected chi connectivity index (χ3v) is 7.62. The first-order valence-corrected chi connectivity index (χ1v) is 13.2. The van der Waals surface area contributed by atoms with Crippen LogP contribution in [-0.2, 0) is 6.61 Å². The van der Waals surface area contributed by atoms with E-state index in [1.54, 1.807) is 7.11 Å². The van der Waals surface area contributed by atoms with Crippen LogP contribution >= 0.6 is 0 Å². The van der Waals surface area contributed by atoms with Gasteiger partial charge in [-0.05, 0) is 83.6 Å². The van der Waals surface area contributed by atoms with Crippen LogP contribution in [-0.4, -0.2) is 31.4 Å². The van der Waals surface area contributed by atoms with Gasteiger partial charge in [-0.25, -0.2) is 0 Å². The summed E-state index contributed by atoms with van der Waals surface area (Å²) in [6, 6.07) is 25.3. The molecule has 0 spiro atoms. The Balaban J connectivity index is 1.33. The largest absolute Gasteiger partial charge is 0.497 e. The summed E-state index contributed by atoms with van der Waals surface area (Å²) >= 11 is 0. The van der Waals surface area contributed by atoms with Crippen LogP contribution in [0.4, 0.5) is 0 Å². The third-order valence-electron chi connectivity index (χ3n) is 7.62. The molecule has 2 atom stereocenters. The zero-order valence-electron chi connectivity index (χ0n) is 21.2. The van der Waals surface area contributed by atoms with Gasteiger partial charge in [0.25, 0.3) is 0 Å². The standard InChI is InChI=1S/C32H33NO4/c1-35-26-11-14-27-23(19-26)8-13-29-28-12-5-21(20-34)18-30(28)37-32(31(27)29)22-6-9-25(10-7-22)36-17-15-24-4-2-3-16-33-24/h5-14,18-19,24,32-34H,2-4,15-17,20H2,1H3. The summed E-state index contributed by atoms with van der Waals surface area (Å²) in [5, 5.41) is 15.5. The first-order chi connectivity index (χ1) is 18.2. The molecule has 2 aliphatic rings. The van der Waals surface area contributed by atoms with Crippen LogP contribution in [0.15, 0.2) is 72.8 Å². The fourth-order valence-electron chi connectivity index (χ4n) is 5.61. The quantitative estimate of drug-likeness (QED) is 0.311. The average molecular weight is 496 g/mol. The second kappa shape index (κ2) is 10.4. The van der Waals surface area contributed by atoms with E-state index in [-0.39, 0.29) is 12.7 Å². The van der Waals surface area contributed by atoms with Gasteiger partial charge in [0.1, 0.15) is 17.2 Å². The molecule has 0 radical (unpaired) electrons. The molecule has 6 rings (SSSR count). The molecule has 2 heterocycles. The minimum absolute atomic E-state index is 0.0198. The van der Waals surface area contributed by atoms with Crippen LogP contribution in [0.25, 0.3) is 21.9 Å². The number of nitrogens with one attached hydrogen (secondary N) is 1. The molecule has 2 unspecified atom stereocenters. The molecule has 190 valence electrons. The normalized spacial score (nSPS) is 18.5. The van der Waals surface area contributed by atoms with E-state index in [9.17, 15) is 5.11 Å². The van der Waals surface area contributed by atoms with Crippen molar-refractivity contribution in [3.8, 4) is 28.4 Å². The van der Waals surface area contributed by atoms with Crippen molar-refractivity contribution in [3.63, 3.8) is 0 Å². The third kappa shape index (κ3) is 4.77. The molecule has 5 heteroatoms. The topological polar surface area (TPSA) is 60.0 Å². The molecule has 2 N–H and O–H groups in total. The van der Waals surface area contributed by atoms with Gasteiger partial charge >= 0.3 is 0 Å². The summed E-state index contributed by atoms with van der Waals surface area (Å²) in [4.78, 5) is 0. The van der Waals surface area contributed by atoms with Crippen LogP contribution in [0.3, 0.4) is 0 Å². The molecular weight excluding hydrogens is 462 g/mol. The van der Waals surface area contributed by atoms with Gasteiger partial charge in [0.15, 0.2) is 6.10 Å². The molecule has 0 saturated carbocycles. The second-order valence-corrected chi connectivity index (χ2v) is 9.95. The highest BCUT2D eigenvalue weighted by Gasteiger charge is 2.29. The van der Waals surface area contributed by atoms with Crippen LogP contribution in [0.1, 0.15) is 48.5 Å². The van der Waals surface area contributed by atoms with Crippen molar-refractivity contribution in [3.05, 3.63) is 89.5 Å². The van der Waals surface area contributed by atoms with Crippen LogP contribution in [0.5, 0.6) is 17.2 Å². The number of piperidine rings is 1. The van der Waals surface area contributed by atoms with E-state index >= 15 is 0 Å². The highest BCUT2D eigenvalue weighted by Crippen LogP contribution is 2.48. The number of hydrogen-bond donors (Lipinski definition) is 2. The molecule has 0 amide bonds. The Bertz CT molecular complexity index is 1390. The lowest BCUT2D eigenvalue weighted by Gasteiger charge is -2.31. The van der Waals surface area contributed by atoms with E-state index in [1.165, 1.54) is 19.3 Å². The van der Waals surface area contributed by atoms with E-state index in [4.69, 9.17) is 14.2 Å². The average Bonchev–Trinajstić information content (AvgIpc) is 2.96. The molecular formula is C32H33NO4. The van der Waals surface area contributed by atoms with Gasteiger partial charge in [0.05, 0.1) is 20.3 Å². The number of fused-ring (bicyclic) bond motifs is 5. The Hall–Kier alpha value is -3.54. The molecule has 0 bridgehead atoms. The van der Waals surface area contributed by atoms with E-state index < -0.39 is 0 Å². The van der Waals surface area contributed by atoms with Crippen molar-refractivity contribution in [2.24, 2.45) is 0 Å². The lowest BCUT2D eigenvalue weighted by Crippen LogP contribution is -2.35. The van der Waals surface area contributed by atoms with Crippen LogP contribution in [0.2, 0.25) is 0 Å². The zero-order chi connectivity index (χ0) is 25.2. The predicted molar refractivity (Wildman–Crippen MR) is 147 cm³/mol. The highest BCUT2D eigenvalue weighted by atomic mass is 16.5. The second-order valence-electron chi connectivity index (χ2n) is 9.95. The van der Waals surface area contributed by atoms with Crippen molar-refractivity contribution in [2.75, 3.05) is 20.3 Å². The Kier molecular flexibility index (Phi) is 6.73. The van der Waals surface area contributed by atoms with Crippen molar-refractivity contribution in [1.29, 1.82) is 0 Å². The Morgan fingerprint density at radius 1 is 0.919 bits per heavy atom. The number of hydrogen-bond acceptors (Lipinski definition) is 5. The smallest absolute Gasteiger partial charge is 0.150 e. The molecule has 1 fully saturated rings. The molecule has 0 aliphatic carbocycles. The maximum absolute atomic E-state index is 9.71. The van der Waals surface area contributed by atoms with E-state index in [2.05, 4.69) is 41.7 Å². The summed E-state index contributed by atoms with van der Waals surface area (Å²) in [5.41, 5.74) is 5.22. The van der Waals surface area contributed by atoms with Gasteiger partial charge in [0.2, 0.25) is 0 Å². The van der Waals surface area contributed by atoms with Gasteiger partial charge < -0.3 is 24.6 Å². The van der Waals surface area contributed by atoms with Crippen molar-refractivity contribution < 1.29 is 19.3 Å². The van der Waals surface area contributed by atoms with Gasteiger partial charge in [-0.2, -0.15) is 0 Å². The summed E-state index contributed by atoms with van der Waals surface area (Å²) in [7, 11) is 1.69. The van der Waals surface area contributed by atoms with Gasteiger partial charge in [-0.3, -0.25) is 0 Å². The molecule has 1 saturated heterocycles. The van der Waals surface area contributed by atoms with Crippen LogP contribution in [0, 0.1) is 0 Å². The van der Waals surface area contributed by atoms with Gasteiger partial charge in [-0.1, -0.05) is 48.9 Å². The molecule has 5 nitrogen and oxygen atoms in total. The number of benzene rings is 4. The fraction of sp³-hybridized carbons (Fsp3) is 0.312. The molecule has 37 heavy (non-hydrogen) atoms. The SMILES string of the molecule is COc1ccc2c3c(ccc2c1)-c1ccc(CO)cc1OC3c1ccc(OCCC2CCCCN2)cc1. The number of aliphatic hydroxyl groups excluding tert-OH is 1. The minimum atomic E-state index is -0.283. The van der Waals surface area contributed by atoms with E-state index in [0.29, 0.717) is 12.6 Å². The van der Waals surface area contributed by atoms with Crippen LogP contribution < -0.4 is 19.5 Å². The fourth-order valence-corrected chi connectivity index (χ4v) is 5.61. The van der Waals surface area contributed by atoms with Gasteiger partial charge in [0, 0.05) is 17.2 Å². The maximum atomic E-state index is 9.71. The maximum Gasteiger partial charge on any atom is 0.150 e. The first-order valence-electron chi connectivity index (χ1n) is 13.2. The number of methoxy groups -OCH3 is 1. The zero-order valence-corrected chi connectivity index (χ0v) is 21.2. The first kappa shape index (κ1) is 23.8. The summed E-state index contributed by atoms with van der Waals surface area (Å²) in [6.07, 6.45) is 4.56. The molecule has 0 aromatic heterocycles. The predicted octanol–water partition coefficient (Wildman–Crippen LogP) is 6.40. The van der Waals surface area contributed by atoms with E-state index in [0.717, 1.165) is 68.8 Å². The van der Waals surface area contributed by atoms with Gasteiger partial charge in [-0.15, -0.1) is 0 Å². The monoisotopic (exact) mass is 495 g/mol. The number of aliphatic hydroxyl groups is 1. The molecule has 2 aliphatic heterocycles. The number of rotatable bonds is 7. The lowest BCUT2D eigenvalue weighted by molar-refractivity contribution is 0.242. The molecule has 4 aromatic carbocycles. The summed E-state index contributed by atoms with van der Waals surface area (Å²) in [6.45, 7) is 1.81. The van der Waals surface area contributed by atoms with Crippen molar-refractivity contribution in [2.45, 2.75) is 44.4 Å². The Morgan fingerprint density at radius 3 is 2.54 bits per heavy atom. The Morgan fingerprint density at radius 2 is 1.76 bits per heavy atom. The molecule has 4 aromatic rings. The number of ether oxygens (including phenoxy) is 3. The minimum Gasteiger partial charge on any atom is -0.497 e. The Labute approximate surface area is 218 Å². The van der Waals surface area contributed by atoms with Crippen molar-refractivity contribution >= 4 is 10.8 Å². The summed E-state index contributed by atoms with van der Waals surface area (Å²) in [5.74, 6) is 2.50. The highest BCUT2D eigenvalue weighted by molar-refractivity contribution is 5.95. The van der Waals surface area contributed by atoms with Crippen molar-refractivity contribution in [1.82, 2.24) is 5.32 Å². The van der Waals surface area contributed by atoms with E-state index in [1.807, 2.05) is 36.4 Å².